The molecule has 0 unspecified atom stereocenters. The Morgan fingerprint density at radius 1 is 1.00 bits per heavy atom. The van der Waals surface area contributed by atoms with Crippen molar-refractivity contribution in [1.29, 1.82) is 0 Å². The number of methoxy groups -OCH3 is 1. The topological polar surface area (TPSA) is 109 Å². The third-order valence-corrected chi connectivity index (χ3v) is 6.44. The second-order valence-corrected chi connectivity index (χ2v) is 9.05. The van der Waals surface area contributed by atoms with Crippen LogP contribution >= 0.6 is 0 Å². The van der Waals surface area contributed by atoms with E-state index in [0.29, 0.717) is 60.4 Å². The van der Waals surface area contributed by atoms with Crippen LogP contribution in [0.1, 0.15) is 44.1 Å². The Hall–Kier alpha value is -3.82. The van der Waals surface area contributed by atoms with E-state index in [1.807, 2.05) is 37.2 Å². The Morgan fingerprint density at radius 2 is 1.81 bits per heavy atom. The average molecular weight is 495 g/mol. The van der Waals surface area contributed by atoms with Gasteiger partial charge < -0.3 is 29.9 Å². The van der Waals surface area contributed by atoms with Gasteiger partial charge in [-0.2, -0.15) is 0 Å². The van der Waals surface area contributed by atoms with Gasteiger partial charge in [-0.3, -0.25) is 9.59 Å². The first-order valence-corrected chi connectivity index (χ1v) is 12.4. The fourth-order valence-corrected chi connectivity index (χ4v) is 4.35. The molecular formula is C26H34N6O4. The summed E-state index contributed by atoms with van der Waals surface area (Å²) in [4.78, 5) is 37.8. The highest BCUT2D eigenvalue weighted by Gasteiger charge is 2.30. The number of fused-ring (bicyclic) bond motifs is 2. The Kier molecular flexibility index (Phi) is 8.24. The first-order valence-electron chi connectivity index (χ1n) is 12.4. The van der Waals surface area contributed by atoms with Crippen molar-refractivity contribution in [2.75, 3.05) is 56.4 Å². The van der Waals surface area contributed by atoms with E-state index in [0.717, 1.165) is 37.8 Å². The van der Waals surface area contributed by atoms with E-state index in [9.17, 15) is 9.59 Å². The van der Waals surface area contributed by atoms with E-state index in [2.05, 4.69) is 20.6 Å². The highest BCUT2D eigenvalue weighted by Crippen LogP contribution is 2.36. The lowest BCUT2D eigenvalue weighted by molar-refractivity contribution is -0.130. The monoisotopic (exact) mass is 494 g/mol. The van der Waals surface area contributed by atoms with Gasteiger partial charge in [-0.05, 0) is 31.4 Å². The number of ether oxygens (including phenoxy) is 2. The van der Waals surface area contributed by atoms with Gasteiger partial charge in [-0.25, -0.2) is 9.97 Å². The highest BCUT2D eigenvalue weighted by molar-refractivity contribution is 6.32. The number of nitrogens with zero attached hydrogens (tertiary/aromatic N) is 4. The fourth-order valence-electron chi connectivity index (χ4n) is 4.35. The Morgan fingerprint density at radius 3 is 2.64 bits per heavy atom. The summed E-state index contributed by atoms with van der Waals surface area (Å²) in [6.45, 7) is 1.88. The number of benzene rings is 1. The molecule has 0 saturated carbocycles. The van der Waals surface area contributed by atoms with Crippen molar-refractivity contribution in [2.45, 2.75) is 38.5 Å². The number of hydrogen-bond donors (Lipinski definition) is 2. The standard InChI is InChI=1S/C26H34N6O4/c1-31-12-8-13-32(2)25-23-19(26(34)30-24(23)28-17-29-25)16-27-18-10-11-20(35-3)21(15-18)36-14-7-5-4-6-9-22(31)33/h10-11,15-17,27H,4-9,12-14H2,1-3H3,(H,28,29,30,34)/b19-16-. The lowest BCUT2D eigenvalue weighted by atomic mass is 10.1. The lowest BCUT2D eigenvalue weighted by Crippen LogP contribution is -2.30. The number of hydrogen-bond acceptors (Lipinski definition) is 8. The molecule has 1 aromatic carbocycles. The molecule has 0 spiro atoms. The minimum atomic E-state index is -0.249. The van der Waals surface area contributed by atoms with Crippen molar-refractivity contribution in [3.05, 3.63) is 36.3 Å². The van der Waals surface area contributed by atoms with Crippen LogP contribution in [0.2, 0.25) is 0 Å². The molecule has 36 heavy (non-hydrogen) atoms. The molecule has 0 saturated heterocycles. The highest BCUT2D eigenvalue weighted by atomic mass is 16.5. The predicted octanol–water partition coefficient (Wildman–Crippen LogP) is 3.52. The number of nitrogens with one attached hydrogen (secondary N) is 2. The van der Waals surface area contributed by atoms with Gasteiger partial charge in [-0.15, -0.1) is 0 Å². The molecule has 1 aromatic heterocycles. The first kappa shape index (κ1) is 25.3. The molecule has 192 valence electrons. The quantitative estimate of drug-likeness (QED) is 0.620. The summed E-state index contributed by atoms with van der Waals surface area (Å²) in [5.41, 5.74) is 1.86. The molecular weight excluding hydrogens is 460 g/mol. The number of amides is 2. The molecule has 2 amide bonds. The molecule has 10 heteroatoms. The summed E-state index contributed by atoms with van der Waals surface area (Å²) < 4.78 is 11.4. The molecule has 2 N–H and O–H groups in total. The fraction of sp³-hybridized carbons (Fsp3) is 0.462. The molecule has 0 atom stereocenters. The normalized spacial score (nSPS) is 19.1. The van der Waals surface area contributed by atoms with E-state index < -0.39 is 0 Å². The van der Waals surface area contributed by atoms with Crippen LogP contribution in [0.25, 0.3) is 5.57 Å². The van der Waals surface area contributed by atoms with Crippen molar-refractivity contribution in [3.63, 3.8) is 0 Å². The van der Waals surface area contributed by atoms with Crippen molar-refractivity contribution in [3.8, 4) is 11.5 Å². The van der Waals surface area contributed by atoms with Gasteiger partial charge in [0.25, 0.3) is 5.91 Å². The van der Waals surface area contributed by atoms with Gasteiger partial charge in [0, 0.05) is 51.6 Å². The van der Waals surface area contributed by atoms with E-state index in [4.69, 9.17) is 9.47 Å². The maximum absolute atomic E-state index is 12.8. The molecule has 2 aliphatic heterocycles. The Balaban J connectivity index is 1.62. The molecule has 3 heterocycles. The van der Waals surface area contributed by atoms with E-state index in [1.165, 1.54) is 6.33 Å². The molecule has 0 aliphatic carbocycles. The molecule has 10 nitrogen and oxygen atoms in total. The van der Waals surface area contributed by atoms with Crippen LogP contribution in [0.4, 0.5) is 17.3 Å². The van der Waals surface area contributed by atoms with Gasteiger partial charge >= 0.3 is 0 Å². The van der Waals surface area contributed by atoms with Crippen molar-refractivity contribution in [1.82, 2.24) is 14.9 Å². The van der Waals surface area contributed by atoms with Gasteiger partial charge in [0.15, 0.2) is 11.5 Å². The van der Waals surface area contributed by atoms with E-state index >= 15 is 0 Å². The number of anilines is 3. The Labute approximate surface area is 211 Å². The first-order chi connectivity index (χ1) is 17.5. The molecule has 4 rings (SSSR count). The van der Waals surface area contributed by atoms with Gasteiger partial charge in [-0.1, -0.05) is 12.8 Å². The van der Waals surface area contributed by atoms with E-state index in [-0.39, 0.29) is 11.8 Å². The smallest absolute Gasteiger partial charge is 0.259 e. The Bertz CT molecular complexity index is 1140. The summed E-state index contributed by atoms with van der Waals surface area (Å²) in [5, 5.41) is 6.04. The van der Waals surface area contributed by atoms with Crippen LogP contribution in [0.3, 0.4) is 0 Å². The molecule has 0 fully saturated rings. The summed E-state index contributed by atoms with van der Waals surface area (Å²) in [6.07, 6.45) is 8.19. The van der Waals surface area contributed by atoms with Crippen LogP contribution < -0.4 is 25.0 Å². The third-order valence-electron chi connectivity index (χ3n) is 6.44. The van der Waals surface area contributed by atoms with E-state index in [1.54, 1.807) is 18.2 Å². The lowest BCUT2D eigenvalue weighted by Gasteiger charge is -2.23. The third kappa shape index (κ3) is 5.87. The maximum atomic E-state index is 12.8. The van der Waals surface area contributed by atoms with Crippen LogP contribution in [-0.4, -0.2) is 67.6 Å². The SMILES string of the molecule is COc1ccc2cc1OCCCCCCC(=O)N(C)CCCN(C)c1ncnc3c1/C(=C/N2)C(=O)N3. The van der Waals surface area contributed by atoms with Gasteiger partial charge in [0.05, 0.1) is 24.9 Å². The summed E-state index contributed by atoms with van der Waals surface area (Å²) in [7, 11) is 5.39. The van der Waals surface area contributed by atoms with Gasteiger partial charge in [0.2, 0.25) is 5.91 Å². The van der Waals surface area contributed by atoms with Crippen molar-refractivity contribution < 1.29 is 19.1 Å². The van der Waals surface area contributed by atoms with Crippen LogP contribution in [0.15, 0.2) is 30.7 Å². The molecule has 2 bridgehead atoms. The summed E-state index contributed by atoms with van der Waals surface area (Å²) in [6, 6.07) is 5.56. The summed E-state index contributed by atoms with van der Waals surface area (Å²) in [5.74, 6) is 2.32. The predicted molar refractivity (Wildman–Crippen MR) is 139 cm³/mol. The zero-order valence-electron chi connectivity index (χ0n) is 21.2. The maximum Gasteiger partial charge on any atom is 0.259 e. The zero-order valence-corrected chi connectivity index (χ0v) is 21.2. The average Bonchev–Trinajstić information content (AvgIpc) is 3.20. The van der Waals surface area contributed by atoms with Crippen molar-refractivity contribution >= 4 is 34.7 Å². The second-order valence-electron chi connectivity index (χ2n) is 9.05. The number of rotatable bonds is 1. The van der Waals surface area contributed by atoms with Crippen LogP contribution in [-0.2, 0) is 9.59 Å². The van der Waals surface area contributed by atoms with Crippen LogP contribution in [0.5, 0.6) is 11.5 Å². The van der Waals surface area contributed by atoms with Crippen LogP contribution in [0, 0.1) is 0 Å². The number of carbonyl (C=O) groups excluding carboxylic acids is 2. The largest absolute Gasteiger partial charge is 0.493 e. The molecule has 2 aliphatic rings. The second kappa shape index (κ2) is 11.7. The van der Waals surface area contributed by atoms with Gasteiger partial charge in [0.1, 0.15) is 18.0 Å². The number of aromatic nitrogens is 2. The van der Waals surface area contributed by atoms with Crippen molar-refractivity contribution in [2.24, 2.45) is 0 Å². The summed E-state index contributed by atoms with van der Waals surface area (Å²) >= 11 is 0. The zero-order chi connectivity index (χ0) is 25.5. The minimum absolute atomic E-state index is 0.162. The number of carbonyl (C=O) groups is 2. The molecule has 2 aromatic rings. The minimum Gasteiger partial charge on any atom is -0.493 e. The molecule has 0 radical (unpaired) electrons.